The Labute approximate surface area is 151 Å². The molecule has 0 aliphatic rings. The predicted octanol–water partition coefficient (Wildman–Crippen LogP) is 2.25. The minimum atomic E-state index is 0. The maximum Gasteiger partial charge on any atom is 0.191 e. The number of aliphatic imine (C=N–C) groups is 1. The molecule has 126 valence electrons. The number of ether oxygens (including phenoxy) is 1. The maximum absolute atomic E-state index is 5.01. The highest BCUT2D eigenvalue weighted by atomic mass is 127. The number of benzene rings is 1. The van der Waals surface area contributed by atoms with E-state index in [-0.39, 0.29) is 24.0 Å². The average Bonchev–Trinajstić information content (AvgIpc) is 2.50. The zero-order valence-corrected chi connectivity index (χ0v) is 16.4. The van der Waals surface area contributed by atoms with E-state index >= 15 is 0 Å². The molecule has 0 fully saturated rings. The van der Waals surface area contributed by atoms with E-state index in [9.17, 15) is 0 Å². The summed E-state index contributed by atoms with van der Waals surface area (Å²) in [6, 6.07) is 8.60. The number of hydrogen-bond acceptors (Lipinski definition) is 3. The van der Waals surface area contributed by atoms with Gasteiger partial charge in [0.1, 0.15) is 0 Å². The van der Waals surface area contributed by atoms with E-state index in [4.69, 9.17) is 4.74 Å². The number of likely N-dealkylation sites (N-methyl/N-ethyl adjacent to an activating group) is 1. The van der Waals surface area contributed by atoms with Gasteiger partial charge in [0.15, 0.2) is 5.96 Å². The molecule has 0 unspecified atom stereocenters. The summed E-state index contributed by atoms with van der Waals surface area (Å²) in [6.07, 6.45) is 0. The molecule has 1 aromatic carbocycles. The third-order valence-corrected chi connectivity index (χ3v) is 3.24. The number of hydrogen-bond donors (Lipinski definition) is 2. The summed E-state index contributed by atoms with van der Waals surface area (Å²) in [5.41, 5.74) is 2.55. The first-order valence-electron chi connectivity index (χ1n) is 7.46. The SMILES string of the molecule is CCN(CCNC(=NC)NCCOC)c1cccc(C)c1.I. The van der Waals surface area contributed by atoms with Crippen molar-refractivity contribution in [3.05, 3.63) is 29.8 Å². The zero-order chi connectivity index (χ0) is 15.5. The zero-order valence-electron chi connectivity index (χ0n) is 14.1. The van der Waals surface area contributed by atoms with Gasteiger partial charge in [-0.3, -0.25) is 4.99 Å². The largest absolute Gasteiger partial charge is 0.383 e. The van der Waals surface area contributed by atoms with E-state index in [1.54, 1.807) is 14.2 Å². The lowest BCUT2D eigenvalue weighted by Crippen LogP contribution is -2.42. The normalized spacial score (nSPS) is 10.8. The lowest BCUT2D eigenvalue weighted by molar-refractivity contribution is 0.203. The van der Waals surface area contributed by atoms with Crippen molar-refractivity contribution in [2.24, 2.45) is 4.99 Å². The van der Waals surface area contributed by atoms with E-state index in [2.05, 4.69) is 58.6 Å². The Bertz CT molecular complexity index is 440. The summed E-state index contributed by atoms with van der Waals surface area (Å²) in [5, 5.41) is 6.53. The van der Waals surface area contributed by atoms with Crippen LogP contribution >= 0.6 is 24.0 Å². The van der Waals surface area contributed by atoms with Crippen LogP contribution in [0.5, 0.6) is 0 Å². The van der Waals surface area contributed by atoms with Gasteiger partial charge in [0.2, 0.25) is 0 Å². The third kappa shape index (κ3) is 7.84. The van der Waals surface area contributed by atoms with Gasteiger partial charge in [-0.15, -0.1) is 24.0 Å². The van der Waals surface area contributed by atoms with Gasteiger partial charge in [0, 0.05) is 46.0 Å². The second kappa shape index (κ2) is 12.5. The molecule has 0 bridgehead atoms. The molecule has 0 aromatic heterocycles. The highest BCUT2D eigenvalue weighted by Crippen LogP contribution is 2.14. The average molecular weight is 420 g/mol. The highest BCUT2D eigenvalue weighted by molar-refractivity contribution is 14.0. The molecule has 0 aliphatic heterocycles. The van der Waals surface area contributed by atoms with E-state index < -0.39 is 0 Å². The number of aryl methyl sites for hydroxylation is 1. The molecule has 6 heteroatoms. The van der Waals surface area contributed by atoms with Crippen LogP contribution in [0.15, 0.2) is 29.3 Å². The molecule has 0 atom stereocenters. The molecule has 0 radical (unpaired) electrons. The molecule has 2 N–H and O–H groups in total. The third-order valence-electron chi connectivity index (χ3n) is 3.24. The number of anilines is 1. The number of methoxy groups -OCH3 is 1. The van der Waals surface area contributed by atoms with Crippen LogP contribution in [0.25, 0.3) is 0 Å². The van der Waals surface area contributed by atoms with Gasteiger partial charge in [-0.05, 0) is 31.5 Å². The van der Waals surface area contributed by atoms with Gasteiger partial charge >= 0.3 is 0 Å². The Morgan fingerprint density at radius 3 is 2.59 bits per heavy atom. The monoisotopic (exact) mass is 420 g/mol. The molecule has 1 aromatic rings. The summed E-state index contributed by atoms with van der Waals surface area (Å²) < 4.78 is 5.01. The lowest BCUT2D eigenvalue weighted by atomic mass is 10.2. The van der Waals surface area contributed by atoms with Crippen molar-refractivity contribution in [3.8, 4) is 0 Å². The van der Waals surface area contributed by atoms with Crippen LogP contribution in [0.4, 0.5) is 5.69 Å². The smallest absolute Gasteiger partial charge is 0.191 e. The molecule has 0 aliphatic carbocycles. The second-order valence-corrected chi connectivity index (χ2v) is 4.84. The first kappa shape index (κ1) is 21.0. The van der Waals surface area contributed by atoms with Crippen molar-refractivity contribution in [2.75, 3.05) is 51.8 Å². The Morgan fingerprint density at radius 2 is 2.00 bits per heavy atom. The number of nitrogens with zero attached hydrogens (tertiary/aromatic N) is 2. The van der Waals surface area contributed by atoms with Crippen molar-refractivity contribution >= 4 is 35.6 Å². The van der Waals surface area contributed by atoms with Crippen molar-refractivity contribution in [1.82, 2.24) is 10.6 Å². The van der Waals surface area contributed by atoms with Crippen molar-refractivity contribution in [3.63, 3.8) is 0 Å². The van der Waals surface area contributed by atoms with Crippen LogP contribution in [-0.2, 0) is 4.74 Å². The fraction of sp³-hybridized carbons (Fsp3) is 0.562. The van der Waals surface area contributed by atoms with E-state index in [1.807, 2.05) is 0 Å². The molecule has 0 saturated carbocycles. The Balaban J connectivity index is 0.00000441. The van der Waals surface area contributed by atoms with Crippen LogP contribution in [0.2, 0.25) is 0 Å². The molecule has 0 saturated heterocycles. The topological polar surface area (TPSA) is 48.9 Å². The first-order valence-corrected chi connectivity index (χ1v) is 7.46. The van der Waals surface area contributed by atoms with Crippen LogP contribution in [-0.4, -0.2) is 52.9 Å². The second-order valence-electron chi connectivity index (χ2n) is 4.84. The van der Waals surface area contributed by atoms with Crippen LogP contribution < -0.4 is 15.5 Å². The summed E-state index contributed by atoms with van der Waals surface area (Å²) in [6.45, 7) is 8.49. The number of guanidine groups is 1. The van der Waals surface area contributed by atoms with E-state index in [0.29, 0.717) is 6.61 Å². The molecular weight excluding hydrogens is 391 g/mol. The minimum absolute atomic E-state index is 0. The van der Waals surface area contributed by atoms with Gasteiger partial charge in [-0.25, -0.2) is 0 Å². The standard InChI is InChI=1S/C16H28N4O.HI/c1-5-20(15-8-6-7-14(2)13-15)11-9-18-16(17-3)19-10-12-21-4;/h6-8,13H,5,9-12H2,1-4H3,(H2,17,18,19);1H. The van der Waals surface area contributed by atoms with Crippen LogP contribution in [0.1, 0.15) is 12.5 Å². The van der Waals surface area contributed by atoms with Crippen molar-refractivity contribution in [2.45, 2.75) is 13.8 Å². The lowest BCUT2D eigenvalue weighted by Gasteiger charge is -2.24. The van der Waals surface area contributed by atoms with Crippen LogP contribution in [0.3, 0.4) is 0 Å². The fourth-order valence-electron chi connectivity index (χ4n) is 2.10. The summed E-state index contributed by atoms with van der Waals surface area (Å²) >= 11 is 0. The summed E-state index contributed by atoms with van der Waals surface area (Å²) in [4.78, 5) is 6.54. The van der Waals surface area contributed by atoms with Crippen molar-refractivity contribution in [1.29, 1.82) is 0 Å². The molecule has 22 heavy (non-hydrogen) atoms. The van der Waals surface area contributed by atoms with Gasteiger partial charge in [-0.1, -0.05) is 12.1 Å². The molecule has 0 amide bonds. The quantitative estimate of drug-likeness (QED) is 0.293. The van der Waals surface area contributed by atoms with Crippen molar-refractivity contribution < 1.29 is 4.74 Å². The first-order chi connectivity index (χ1) is 10.2. The van der Waals surface area contributed by atoms with Gasteiger partial charge in [-0.2, -0.15) is 0 Å². The highest BCUT2D eigenvalue weighted by Gasteiger charge is 2.04. The molecular formula is C16H29IN4O. The molecule has 0 spiro atoms. The summed E-state index contributed by atoms with van der Waals surface area (Å²) in [7, 11) is 3.47. The molecule has 0 heterocycles. The number of nitrogens with one attached hydrogen (secondary N) is 2. The number of rotatable bonds is 8. The van der Waals surface area contributed by atoms with E-state index in [1.165, 1.54) is 11.3 Å². The Hall–Kier alpha value is -1.02. The summed E-state index contributed by atoms with van der Waals surface area (Å²) in [5.74, 6) is 0.812. The van der Waals surface area contributed by atoms with Crippen LogP contribution in [0, 0.1) is 6.92 Å². The Morgan fingerprint density at radius 1 is 1.27 bits per heavy atom. The number of halogens is 1. The molecule has 5 nitrogen and oxygen atoms in total. The Kier molecular flexibility index (Phi) is 11.9. The minimum Gasteiger partial charge on any atom is -0.383 e. The van der Waals surface area contributed by atoms with Gasteiger partial charge in [0.05, 0.1) is 6.61 Å². The molecule has 1 rings (SSSR count). The fourth-order valence-corrected chi connectivity index (χ4v) is 2.10. The van der Waals surface area contributed by atoms with E-state index in [0.717, 1.165) is 32.1 Å². The van der Waals surface area contributed by atoms with Gasteiger partial charge < -0.3 is 20.3 Å². The maximum atomic E-state index is 5.01. The van der Waals surface area contributed by atoms with Gasteiger partial charge in [0.25, 0.3) is 0 Å². The predicted molar refractivity (Wildman–Crippen MR) is 106 cm³/mol.